The lowest BCUT2D eigenvalue weighted by atomic mass is 10.2. The third kappa shape index (κ3) is 2.71. The maximum Gasteiger partial charge on any atom is 0.332 e. The highest BCUT2D eigenvalue weighted by Crippen LogP contribution is 2.22. The molecule has 2 rings (SSSR count). The number of hydrogen-bond donors (Lipinski definition) is 2. The molecular formula is C15H18N4O. The van der Waals surface area contributed by atoms with Crippen LogP contribution in [0.1, 0.15) is 22.5 Å². The van der Waals surface area contributed by atoms with Gasteiger partial charge in [-0.1, -0.05) is 18.2 Å². The summed E-state index contributed by atoms with van der Waals surface area (Å²) in [6.45, 7) is 6.14. The average Bonchev–Trinajstić information content (AvgIpc) is 2.65. The van der Waals surface area contributed by atoms with Crippen molar-refractivity contribution in [3.8, 4) is 5.69 Å². The Balaban J connectivity index is 2.42. The van der Waals surface area contributed by atoms with Crippen molar-refractivity contribution < 1.29 is 4.79 Å². The molecule has 104 valence electrons. The second-order valence-corrected chi connectivity index (χ2v) is 4.68. The molecule has 2 aromatic rings. The van der Waals surface area contributed by atoms with E-state index in [-0.39, 0.29) is 0 Å². The number of carbonyl (C=O) groups is 1. The number of hydrogen-bond acceptors (Lipinski definition) is 2. The number of nitrogens with two attached hydrogens (primary N) is 1. The van der Waals surface area contributed by atoms with Gasteiger partial charge >= 0.3 is 6.03 Å². The van der Waals surface area contributed by atoms with E-state index < -0.39 is 6.03 Å². The number of aromatic nitrogens is 1. The molecule has 0 radical (unpaired) electrons. The van der Waals surface area contributed by atoms with Crippen molar-refractivity contribution in [1.29, 1.82) is 0 Å². The number of hydrazone groups is 1. The fourth-order valence-electron chi connectivity index (χ4n) is 2.27. The number of benzene rings is 1. The van der Waals surface area contributed by atoms with E-state index in [2.05, 4.69) is 34.2 Å². The van der Waals surface area contributed by atoms with E-state index in [1.807, 2.05) is 32.0 Å². The van der Waals surface area contributed by atoms with Gasteiger partial charge in [-0.2, -0.15) is 5.10 Å². The van der Waals surface area contributed by atoms with Crippen molar-refractivity contribution in [2.24, 2.45) is 10.8 Å². The normalized spacial score (nSPS) is 10.9. The molecule has 5 heteroatoms. The number of rotatable bonds is 3. The minimum Gasteiger partial charge on any atom is -0.350 e. The summed E-state index contributed by atoms with van der Waals surface area (Å²) >= 11 is 0. The maximum absolute atomic E-state index is 10.6. The molecule has 2 amide bonds. The molecule has 0 aliphatic rings. The summed E-state index contributed by atoms with van der Waals surface area (Å²) in [6.07, 6.45) is 1.60. The topological polar surface area (TPSA) is 72.4 Å². The summed E-state index contributed by atoms with van der Waals surface area (Å²) in [6, 6.07) is 9.55. The lowest BCUT2D eigenvalue weighted by Crippen LogP contribution is -2.24. The van der Waals surface area contributed by atoms with Gasteiger partial charge in [0, 0.05) is 22.6 Å². The number of primary amides is 1. The van der Waals surface area contributed by atoms with E-state index in [1.54, 1.807) is 6.21 Å². The van der Waals surface area contributed by atoms with Gasteiger partial charge in [0.25, 0.3) is 0 Å². The summed E-state index contributed by atoms with van der Waals surface area (Å²) < 4.78 is 2.17. The Morgan fingerprint density at radius 1 is 1.30 bits per heavy atom. The lowest BCUT2D eigenvalue weighted by molar-refractivity contribution is 0.249. The summed E-state index contributed by atoms with van der Waals surface area (Å²) in [5.41, 5.74) is 12.6. The van der Waals surface area contributed by atoms with Gasteiger partial charge < -0.3 is 10.3 Å². The van der Waals surface area contributed by atoms with Crippen LogP contribution < -0.4 is 11.2 Å². The zero-order chi connectivity index (χ0) is 14.7. The van der Waals surface area contributed by atoms with Crippen LogP contribution in [0.3, 0.4) is 0 Å². The van der Waals surface area contributed by atoms with Crippen molar-refractivity contribution in [2.75, 3.05) is 0 Å². The zero-order valence-corrected chi connectivity index (χ0v) is 11.8. The van der Waals surface area contributed by atoms with Crippen molar-refractivity contribution in [3.05, 3.63) is 52.8 Å². The number of urea groups is 1. The molecule has 0 spiro atoms. The average molecular weight is 270 g/mol. The van der Waals surface area contributed by atoms with Gasteiger partial charge in [-0.15, -0.1) is 0 Å². The van der Waals surface area contributed by atoms with Gasteiger partial charge in [-0.25, -0.2) is 10.2 Å². The highest BCUT2D eigenvalue weighted by molar-refractivity contribution is 5.83. The predicted molar refractivity (Wildman–Crippen MR) is 80.3 cm³/mol. The first-order valence-corrected chi connectivity index (χ1v) is 6.34. The van der Waals surface area contributed by atoms with Crippen LogP contribution in [0.5, 0.6) is 0 Å². The van der Waals surface area contributed by atoms with Crippen molar-refractivity contribution in [1.82, 2.24) is 9.99 Å². The van der Waals surface area contributed by atoms with Crippen LogP contribution in [0.4, 0.5) is 4.79 Å². The Bertz CT molecular complexity index is 671. The second-order valence-electron chi connectivity index (χ2n) is 4.68. The highest BCUT2D eigenvalue weighted by atomic mass is 16.2. The summed E-state index contributed by atoms with van der Waals surface area (Å²) in [7, 11) is 0. The van der Waals surface area contributed by atoms with E-state index in [0.717, 1.165) is 22.6 Å². The molecule has 1 heterocycles. The van der Waals surface area contributed by atoms with Crippen molar-refractivity contribution >= 4 is 12.2 Å². The Kier molecular flexibility index (Phi) is 3.89. The molecule has 0 aliphatic carbocycles. The van der Waals surface area contributed by atoms with Crippen LogP contribution in [0.15, 0.2) is 35.4 Å². The van der Waals surface area contributed by atoms with E-state index >= 15 is 0 Å². The quantitative estimate of drug-likeness (QED) is 0.652. The van der Waals surface area contributed by atoms with E-state index in [1.165, 1.54) is 5.56 Å². The van der Waals surface area contributed by atoms with Crippen LogP contribution in [-0.2, 0) is 0 Å². The smallest absolute Gasteiger partial charge is 0.332 e. The second kappa shape index (κ2) is 5.61. The third-order valence-corrected chi connectivity index (χ3v) is 3.21. The van der Waals surface area contributed by atoms with Gasteiger partial charge in [0.2, 0.25) is 0 Å². The Morgan fingerprint density at radius 3 is 2.65 bits per heavy atom. The van der Waals surface area contributed by atoms with E-state index in [0.29, 0.717) is 0 Å². The van der Waals surface area contributed by atoms with Crippen LogP contribution in [-0.4, -0.2) is 16.8 Å². The van der Waals surface area contributed by atoms with Crippen LogP contribution in [0.2, 0.25) is 0 Å². The summed E-state index contributed by atoms with van der Waals surface area (Å²) in [4.78, 5) is 10.6. The third-order valence-electron chi connectivity index (χ3n) is 3.21. The van der Waals surface area contributed by atoms with Gasteiger partial charge in [-0.3, -0.25) is 0 Å². The SMILES string of the molecule is Cc1ccccc1-n1c(C)cc(C=NNC(N)=O)c1C. The molecule has 0 saturated heterocycles. The zero-order valence-electron chi connectivity index (χ0n) is 11.8. The minimum atomic E-state index is -0.672. The fraction of sp³-hybridized carbons (Fsp3) is 0.200. The van der Waals surface area contributed by atoms with Crippen LogP contribution in [0, 0.1) is 20.8 Å². The molecule has 0 fully saturated rings. The molecule has 1 aromatic heterocycles. The monoisotopic (exact) mass is 270 g/mol. The number of aryl methyl sites for hydroxylation is 2. The molecule has 5 nitrogen and oxygen atoms in total. The Hall–Kier alpha value is -2.56. The Morgan fingerprint density at radius 2 is 2.00 bits per heavy atom. The van der Waals surface area contributed by atoms with Gasteiger partial charge in [0.05, 0.1) is 6.21 Å². The first-order chi connectivity index (χ1) is 9.50. The number of nitrogens with one attached hydrogen (secondary N) is 1. The van der Waals surface area contributed by atoms with Gasteiger partial charge in [-0.05, 0) is 38.5 Å². The molecular weight excluding hydrogens is 252 g/mol. The predicted octanol–water partition coefficient (Wildman–Crippen LogP) is 2.40. The highest BCUT2D eigenvalue weighted by Gasteiger charge is 2.10. The largest absolute Gasteiger partial charge is 0.350 e. The van der Waals surface area contributed by atoms with Gasteiger partial charge in [0.15, 0.2) is 0 Å². The molecule has 0 aliphatic heterocycles. The minimum absolute atomic E-state index is 0.672. The van der Waals surface area contributed by atoms with Gasteiger partial charge in [0.1, 0.15) is 0 Å². The van der Waals surface area contributed by atoms with Crippen LogP contribution in [0.25, 0.3) is 5.69 Å². The Labute approximate surface area is 118 Å². The number of amides is 2. The molecule has 1 aromatic carbocycles. The fourth-order valence-corrected chi connectivity index (χ4v) is 2.27. The van der Waals surface area contributed by atoms with Crippen molar-refractivity contribution in [3.63, 3.8) is 0 Å². The summed E-state index contributed by atoms with van der Waals surface area (Å²) in [5.74, 6) is 0. The summed E-state index contributed by atoms with van der Waals surface area (Å²) in [5, 5.41) is 3.81. The first kappa shape index (κ1) is 13.9. The lowest BCUT2D eigenvalue weighted by Gasteiger charge is -2.12. The number of carbonyl (C=O) groups excluding carboxylic acids is 1. The number of para-hydroxylation sites is 1. The van der Waals surface area contributed by atoms with Crippen LogP contribution >= 0.6 is 0 Å². The molecule has 3 N–H and O–H groups in total. The first-order valence-electron chi connectivity index (χ1n) is 6.34. The molecule has 0 unspecified atom stereocenters. The van der Waals surface area contributed by atoms with E-state index in [9.17, 15) is 4.79 Å². The number of nitrogens with zero attached hydrogens (tertiary/aromatic N) is 2. The molecule has 20 heavy (non-hydrogen) atoms. The molecule has 0 bridgehead atoms. The maximum atomic E-state index is 10.6. The molecule has 0 saturated carbocycles. The standard InChI is InChI=1S/C15H18N4O/c1-10-6-4-5-7-14(10)19-11(2)8-13(12(19)3)9-17-18-15(16)20/h4-9H,1-3H3,(H3,16,18,20). The molecule has 0 atom stereocenters. The van der Waals surface area contributed by atoms with E-state index in [4.69, 9.17) is 5.73 Å². The van der Waals surface area contributed by atoms with Crippen molar-refractivity contribution in [2.45, 2.75) is 20.8 Å².